The number of carbonyl (C=O) groups excluding carboxylic acids is 2. The fourth-order valence-electron chi connectivity index (χ4n) is 2.08. The molecular weight excluding hydrogens is 232 g/mol. The van der Waals surface area contributed by atoms with Gasteiger partial charge in [0.05, 0.1) is 13.2 Å². The molecule has 0 heterocycles. The van der Waals surface area contributed by atoms with Crippen LogP contribution >= 0.6 is 0 Å². The molecule has 0 amide bonds. The highest BCUT2D eigenvalue weighted by atomic mass is 16.5. The summed E-state index contributed by atoms with van der Waals surface area (Å²) < 4.78 is 10.1. The lowest BCUT2D eigenvalue weighted by Gasteiger charge is -2.27. The van der Waals surface area contributed by atoms with Crippen LogP contribution in [0, 0.1) is 11.8 Å². The van der Waals surface area contributed by atoms with Crippen molar-refractivity contribution in [2.75, 3.05) is 13.2 Å². The summed E-state index contributed by atoms with van der Waals surface area (Å²) in [6.07, 6.45) is 6.36. The van der Waals surface area contributed by atoms with Crippen molar-refractivity contribution in [3.05, 3.63) is 25.3 Å². The van der Waals surface area contributed by atoms with E-state index < -0.39 is 0 Å². The molecule has 0 unspecified atom stereocenters. The maximum atomic E-state index is 10.9. The summed E-state index contributed by atoms with van der Waals surface area (Å²) in [4.78, 5) is 21.8. The van der Waals surface area contributed by atoms with Gasteiger partial charge in [0.2, 0.25) is 0 Å². The molecule has 0 aromatic carbocycles. The predicted octanol–water partition coefficient (Wildman–Crippen LogP) is 2.25. The average molecular weight is 252 g/mol. The lowest BCUT2D eigenvalue weighted by Crippen LogP contribution is -2.23. The Morgan fingerprint density at radius 3 is 1.50 bits per heavy atom. The third kappa shape index (κ3) is 5.17. The first-order valence-corrected chi connectivity index (χ1v) is 6.24. The molecule has 0 N–H and O–H groups in total. The second kappa shape index (κ2) is 7.69. The van der Waals surface area contributed by atoms with Gasteiger partial charge in [-0.15, -0.1) is 0 Å². The first-order valence-electron chi connectivity index (χ1n) is 6.24. The summed E-state index contributed by atoms with van der Waals surface area (Å²) in [7, 11) is 0. The molecule has 1 fully saturated rings. The van der Waals surface area contributed by atoms with E-state index in [-0.39, 0.29) is 11.9 Å². The fourth-order valence-corrected chi connectivity index (χ4v) is 2.08. The molecule has 1 rings (SSSR count). The Balaban J connectivity index is 2.16. The summed E-state index contributed by atoms with van der Waals surface area (Å²) >= 11 is 0. The minimum absolute atomic E-state index is 0.364. The van der Waals surface area contributed by atoms with Crippen molar-refractivity contribution in [3.63, 3.8) is 0 Å². The number of carbonyl (C=O) groups is 2. The van der Waals surface area contributed by atoms with E-state index >= 15 is 0 Å². The molecular formula is C14H20O4. The number of ether oxygens (including phenoxy) is 2. The molecule has 0 radical (unpaired) electrons. The van der Waals surface area contributed by atoms with Gasteiger partial charge in [0.15, 0.2) is 0 Å². The molecule has 4 heteroatoms. The summed E-state index contributed by atoms with van der Waals surface area (Å²) in [5.41, 5.74) is 0. The Bertz CT molecular complexity index is 282. The molecule has 0 aliphatic heterocycles. The van der Waals surface area contributed by atoms with E-state index in [2.05, 4.69) is 13.2 Å². The van der Waals surface area contributed by atoms with Gasteiger partial charge < -0.3 is 9.47 Å². The van der Waals surface area contributed by atoms with E-state index in [1.165, 1.54) is 12.2 Å². The van der Waals surface area contributed by atoms with Gasteiger partial charge in [0, 0.05) is 12.2 Å². The monoisotopic (exact) mass is 252 g/mol. The zero-order valence-corrected chi connectivity index (χ0v) is 10.6. The standard InChI is InChI=1S/C14H20O4/c1-3-13(15)17-9-11-5-7-12(8-6-11)10-18-14(16)4-2/h3-4,11-12H,1-2,5-10H2/t11-,12-. The predicted molar refractivity (Wildman–Crippen MR) is 67.8 cm³/mol. The van der Waals surface area contributed by atoms with Gasteiger partial charge in [-0.1, -0.05) is 13.2 Å². The molecule has 1 aliphatic rings. The maximum Gasteiger partial charge on any atom is 0.330 e. The van der Waals surface area contributed by atoms with Crippen molar-refractivity contribution in [3.8, 4) is 0 Å². The van der Waals surface area contributed by atoms with E-state index in [0.717, 1.165) is 25.7 Å². The summed E-state index contributed by atoms with van der Waals surface area (Å²) in [6.45, 7) is 7.63. The maximum absolute atomic E-state index is 10.9. The van der Waals surface area contributed by atoms with Crippen LogP contribution in [-0.2, 0) is 19.1 Å². The zero-order valence-electron chi connectivity index (χ0n) is 10.6. The van der Waals surface area contributed by atoms with Crippen LogP contribution in [0.2, 0.25) is 0 Å². The third-order valence-electron chi connectivity index (χ3n) is 3.22. The van der Waals surface area contributed by atoms with Crippen molar-refractivity contribution >= 4 is 11.9 Å². The van der Waals surface area contributed by atoms with Gasteiger partial charge in [0.1, 0.15) is 0 Å². The minimum Gasteiger partial charge on any atom is -0.462 e. The van der Waals surface area contributed by atoms with Gasteiger partial charge in [-0.2, -0.15) is 0 Å². The molecule has 4 nitrogen and oxygen atoms in total. The third-order valence-corrected chi connectivity index (χ3v) is 3.22. The summed E-state index contributed by atoms with van der Waals surface area (Å²) in [5.74, 6) is 0.106. The molecule has 0 atom stereocenters. The largest absolute Gasteiger partial charge is 0.462 e. The molecule has 0 saturated heterocycles. The Labute approximate surface area is 108 Å². The Kier molecular flexibility index (Phi) is 6.19. The van der Waals surface area contributed by atoms with Crippen LogP contribution in [0.25, 0.3) is 0 Å². The average Bonchev–Trinajstić information content (AvgIpc) is 2.43. The van der Waals surface area contributed by atoms with Crippen molar-refractivity contribution in [2.45, 2.75) is 25.7 Å². The van der Waals surface area contributed by atoms with Gasteiger partial charge in [-0.05, 0) is 37.5 Å². The molecule has 1 saturated carbocycles. The Hall–Kier alpha value is -1.58. The van der Waals surface area contributed by atoms with Crippen LogP contribution in [0.15, 0.2) is 25.3 Å². The van der Waals surface area contributed by atoms with E-state index in [1.54, 1.807) is 0 Å². The van der Waals surface area contributed by atoms with Crippen LogP contribution in [0.3, 0.4) is 0 Å². The first kappa shape index (κ1) is 14.5. The number of esters is 2. The van der Waals surface area contributed by atoms with Crippen molar-refractivity contribution < 1.29 is 19.1 Å². The minimum atomic E-state index is -0.364. The van der Waals surface area contributed by atoms with E-state index in [0.29, 0.717) is 25.0 Å². The number of hydrogen-bond acceptors (Lipinski definition) is 4. The highest BCUT2D eigenvalue weighted by Gasteiger charge is 2.22. The van der Waals surface area contributed by atoms with Crippen molar-refractivity contribution in [1.82, 2.24) is 0 Å². The Morgan fingerprint density at radius 2 is 1.22 bits per heavy atom. The number of hydrogen-bond donors (Lipinski definition) is 0. The van der Waals surface area contributed by atoms with Gasteiger partial charge >= 0.3 is 11.9 Å². The zero-order chi connectivity index (χ0) is 13.4. The second-order valence-electron chi connectivity index (χ2n) is 4.56. The summed E-state index contributed by atoms with van der Waals surface area (Å²) in [5, 5.41) is 0. The molecule has 0 bridgehead atoms. The molecule has 0 spiro atoms. The molecule has 100 valence electrons. The number of rotatable bonds is 6. The fraction of sp³-hybridized carbons (Fsp3) is 0.571. The van der Waals surface area contributed by atoms with Crippen LogP contribution in [0.4, 0.5) is 0 Å². The van der Waals surface area contributed by atoms with Crippen LogP contribution in [0.1, 0.15) is 25.7 Å². The smallest absolute Gasteiger partial charge is 0.330 e. The van der Waals surface area contributed by atoms with Crippen molar-refractivity contribution in [1.29, 1.82) is 0 Å². The SMILES string of the molecule is C=CC(=O)OC[C@H]1CC[C@H](COC(=O)C=C)CC1. The van der Waals surface area contributed by atoms with E-state index in [9.17, 15) is 9.59 Å². The van der Waals surface area contributed by atoms with Gasteiger partial charge in [-0.25, -0.2) is 9.59 Å². The van der Waals surface area contributed by atoms with Gasteiger partial charge in [-0.3, -0.25) is 0 Å². The first-order chi connectivity index (χ1) is 8.65. The molecule has 0 aromatic rings. The molecule has 0 aromatic heterocycles. The highest BCUT2D eigenvalue weighted by Crippen LogP contribution is 2.29. The van der Waals surface area contributed by atoms with Crippen LogP contribution in [0.5, 0.6) is 0 Å². The lowest BCUT2D eigenvalue weighted by atomic mass is 9.83. The summed E-state index contributed by atoms with van der Waals surface area (Å²) in [6, 6.07) is 0. The van der Waals surface area contributed by atoms with Crippen LogP contribution in [-0.4, -0.2) is 25.2 Å². The molecule has 18 heavy (non-hydrogen) atoms. The van der Waals surface area contributed by atoms with Crippen molar-refractivity contribution in [2.24, 2.45) is 11.8 Å². The normalized spacial score (nSPS) is 22.9. The van der Waals surface area contributed by atoms with E-state index in [4.69, 9.17) is 9.47 Å². The Morgan fingerprint density at radius 1 is 0.889 bits per heavy atom. The van der Waals surface area contributed by atoms with Crippen LogP contribution < -0.4 is 0 Å². The van der Waals surface area contributed by atoms with E-state index in [1.807, 2.05) is 0 Å². The second-order valence-corrected chi connectivity index (χ2v) is 4.56. The highest BCUT2D eigenvalue weighted by molar-refractivity contribution is 5.81. The topological polar surface area (TPSA) is 52.6 Å². The van der Waals surface area contributed by atoms with Gasteiger partial charge in [0.25, 0.3) is 0 Å². The molecule has 1 aliphatic carbocycles. The quantitative estimate of drug-likeness (QED) is 0.537. The lowest BCUT2D eigenvalue weighted by molar-refractivity contribution is -0.141.